The van der Waals surface area contributed by atoms with E-state index in [2.05, 4.69) is 24.5 Å². The van der Waals surface area contributed by atoms with E-state index < -0.39 is 6.10 Å². The number of hydrogen-bond acceptors (Lipinski definition) is 6. The van der Waals surface area contributed by atoms with Gasteiger partial charge in [-0.25, -0.2) is 4.98 Å². The molecule has 0 saturated heterocycles. The van der Waals surface area contributed by atoms with E-state index in [4.69, 9.17) is 9.72 Å². The van der Waals surface area contributed by atoms with E-state index in [1.54, 1.807) is 18.4 Å². The molecule has 0 bridgehead atoms. The van der Waals surface area contributed by atoms with Crippen molar-refractivity contribution in [2.75, 3.05) is 25.6 Å². The molecule has 0 aromatic carbocycles. The average molecular weight is 480 g/mol. The number of nitrogens with one attached hydrogen (secondary N) is 2. The number of nitrogens with zero attached hydrogens (tertiary/aromatic N) is 1. The molecular weight excluding hydrogens is 438 g/mol. The molecule has 6 unspecified atom stereocenters. The average Bonchev–Trinajstić information content (AvgIpc) is 3.07. The third-order valence-corrected chi connectivity index (χ3v) is 8.51. The van der Waals surface area contributed by atoms with Gasteiger partial charge in [0.2, 0.25) is 11.8 Å². The minimum absolute atomic E-state index is 0.0155. The lowest BCUT2D eigenvalue weighted by atomic mass is 9.53. The van der Waals surface area contributed by atoms with E-state index in [0.717, 1.165) is 25.0 Å². The van der Waals surface area contributed by atoms with E-state index in [-0.39, 0.29) is 46.3 Å². The van der Waals surface area contributed by atoms with Gasteiger partial charge >= 0.3 is 0 Å². The molecule has 3 N–H and O–H groups in total. The minimum Gasteiger partial charge on any atom is -0.392 e. The standard InChI is InChI=1S/C25H41N3O4S/c1-14(22(31)26-10-11-32-7)16-8-9-25(6)12-17-20(15(2)19(25)21(16)30)28-23(33-17)27-18(29)13-24(3,4)5/h14-16,19,21,30H,8-13H2,1-7H3,(H,26,31)(H,27,28,29). The maximum Gasteiger partial charge on any atom is 0.226 e. The summed E-state index contributed by atoms with van der Waals surface area (Å²) < 4.78 is 5.02. The quantitative estimate of drug-likeness (QED) is 0.514. The van der Waals surface area contributed by atoms with E-state index in [0.29, 0.717) is 24.7 Å². The first-order valence-corrected chi connectivity index (χ1v) is 12.9. The van der Waals surface area contributed by atoms with Crippen LogP contribution in [0.2, 0.25) is 0 Å². The number of ether oxygens (including phenoxy) is 1. The Kier molecular flexibility index (Phi) is 7.91. The third-order valence-electron chi connectivity index (χ3n) is 7.52. The van der Waals surface area contributed by atoms with Crippen molar-refractivity contribution in [3.63, 3.8) is 0 Å². The number of rotatable bonds is 7. The van der Waals surface area contributed by atoms with E-state index in [1.165, 1.54) is 4.88 Å². The number of carbonyl (C=O) groups is 2. The first-order chi connectivity index (χ1) is 15.4. The summed E-state index contributed by atoms with van der Waals surface area (Å²) in [4.78, 5) is 31.1. The van der Waals surface area contributed by atoms with Crippen LogP contribution in [-0.4, -0.2) is 48.3 Å². The number of methoxy groups -OCH3 is 1. The molecule has 1 saturated carbocycles. The lowest BCUT2D eigenvalue weighted by Gasteiger charge is -2.53. The predicted octanol–water partition coefficient (Wildman–Crippen LogP) is 3.97. The molecule has 6 atom stereocenters. The maximum atomic E-state index is 12.7. The molecule has 33 heavy (non-hydrogen) atoms. The van der Waals surface area contributed by atoms with Gasteiger partial charge in [-0.05, 0) is 41.9 Å². The Morgan fingerprint density at radius 2 is 2.06 bits per heavy atom. The lowest BCUT2D eigenvalue weighted by Crippen LogP contribution is -2.53. The molecule has 2 aliphatic rings. The summed E-state index contributed by atoms with van der Waals surface area (Å²) in [5.41, 5.74) is 0.862. The predicted molar refractivity (Wildman–Crippen MR) is 131 cm³/mol. The molecule has 1 aromatic rings. The van der Waals surface area contributed by atoms with E-state index in [9.17, 15) is 14.7 Å². The van der Waals surface area contributed by atoms with Crippen molar-refractivity contribution in [2.24, 2.45) is 28.6 Å². The summed E-state index contributed by atoms with van der Waals surface area (Å²) >= 11 is 1.57. The zero-order valence-electron chi connectivity index (χ0n) is 21.2. The van der Waals surface area contributed by atoms with Crippen molar-refractivity contribution in [1.82, 2.24) is 10.3 Å². The molecule has 7 nitrogen and oxygen atoms in total. The van der Waals surface area contributed by atoms with Gasteiger partial charge in [0.05, 0.1) is 18.4 Å². The van der Waals surface area contributed by atoms with Gasteiger partial charge in [-0.3, -0.25) is 9.59 Å². The van der Waals surface area contributed by atoms with E-state index >= 15 is 0 Å². The second kappa shape index (κ2) is 10.0. The molecule has 8 heteroatoms. The highest BCUT2D eigenvalue weighted by atomic mass is 32.1. The van der Waals surface area contributed by atoms with Crippen LogP contribution in [0.1, 0.15) is 77.3 Å². The first-order valence-electron chi connectivity index (χ1n) is 12.1. The minimum atomic E-state index is -0.573. The monoisotopic (exact) mass is 479 g/mol. The molecule has 1 heterocycles. The summed E-state index contributed by atoms with van der Waals surface area (Å²) in [5, 5.41) is 18.1. The van der Waals surface area contributed by atoms with Crippen LogP contribution in [0.15, 0.2) is 0 Å². The zero-order chi connectivity index (χ0) is 24.6. The fourth-order valence-corrected chi connectivity index (χ4v) is 7.16. The Bertz CT molecular complexity index is 864. The summed E-state index contributed by atoms with van der Waals surface area (Å²) in [6, 6.07) is 0. The fraction of sp³-hybridized carbons (Fsp3) is 0.800. The van der Waals surface area contributed by atoms with Crippen molar-refractivity contribution < 1.29 is 19.4 Å². The molecule has 2 amide bonds. The molecule has 3 rings (SSSR count). The van der Waals surface area contributed by atoms with Gasteiger partial charge in [-0.1, -0.05) is 41.5 Å². The number of aliphatic hydroxyl groups excluding tert-OH is 1. The fourth-order valence-electron chi connectivity index (χ4n) is 5.88. The normalized spacial score (nSPS) is 30.2. The van der Waals surface area contributed by atoms with Gasteiger partial charge in [0.15, 0.2) is 5.13 Å². The Labute approximate surface area is 202 Å². The van der Waals surface area contributed by atoms with Gasteiger partial charge in [0.1, 0.15) is 0 Å². The Balaban J connectivity index is 1.76. The van der Waals surface area contributed by atoms with Gasteiger partial charge in [-0.15, -0.1) is 11.3 Å². The molecule has 2 aliphatic carbocycles. The number of hydrogen-bond donors (Lipinski definition) is 3. The van der Waals surface area contributed by atoms with Gasteiger partial charge < -0.3 is 20.5 Å². The molecule has 186 valence electrons. The number of carbonyl (C=O) groups excluding carboxylic acids is 2. The summed E-state index contributed by atoms with van der Waals surface area (Å²) in [6.45, 7) is 13.4. The molecule has 0 aliphatic heterocycles. The van der Waals surface area contributed by atoms with Crippen molar-refractivity contribution >= 4 is 28.3 Å². The van der Waals surface area contributed by atoms with Crippen LogP contribution in [0.4, 0.5) is 5.13 Å². The van der Waals surface area contributed by atoms with Gasteiger partial charge in [-0.2, -0.15) is 0 Å². The number of anilines is 1. The highest BCUT2D eigenvalue weighted by Gasteiger charge is 2.53. The number of amides is 2. The number of aromatic nitrogens is 1. The SMILES string of the molecule is COCCNC(=O)C(C)C1CCC2(C)Cc3sc(NC(=O)CC(C)(C)C)nc3C(C)C2C1O. The van der Waals surface area contributed by atoms with Gasteiger partial charge in [0, 0.05) is 36.8 Å². The number of fused-ring (bicyclic) bond motifs is 2. The van der Waals surface area contributed by atoms with Crippen LogP contribution >= 0.6 is 11.3 Å². The lowest BCUT2D eigenvalue weighted by molar-refractivity contribution is -0.135. The van der Waals surface area contributed by atoms with Crippen molar-refractivity contribution in [1.29, 1.82) is 0 Å². The Morgan fingerprint density at radius 3 is 2.70 bits per heavy atom. The molecule has 1 aromatic heterocycles. The molecular formula is C25H41N3O4S. The topological polar surface area (TPSA) is 101 Å². The van der Waals surface area contributed by atoms with Crippen molar-refractivity contribution in [3.8, 4) is 0 Å². The zero-order valence-corrected chi connectivity index (χ0v) is 22.0. The largest absolute Gasteiger partial charge is 0.392 e. The molecule has 0 spiro atoms. The highest BCUT2D eigenvalue weighted by molar-refractivity contribution is 7.15. The molecule has 0 radical (unpaired) electrons. The summed E-state index contributed by atoms with van der Waals surface area (Å²) in [5.74, 6) is -0.306. The highest BCUT2D eigenvalue weighted by Crippen LogP contribution is 2.57. The summed E-state index contributed by atoms with van der Waals surface area (Å²) in [7, 11) is 1.61. The summed E-state index contributed by atoms with van der Waals surface area (Å²) in [6.07, 6.45) is 2.50. The first kappa shape index (κ1) is 26.1. The molecule has 1 fully saturated rings. The second-order valence-corrected chi connectivity index (χ2v) is 12.6. The van der Waals surface area contributed by atoms with E-state index in [1.807, 2.05) is 27.7 Å². The van der Waals surface area contributed by atoms with Crippen LogP contribution in [0.3, 0.4) is 0 Å². The van der Waals surface area contributed by atoms with Crippen LogP contribution < -0.4 is 10.6 Å². The van der Waals surface area contributed by atoms with Crippen LogP contribution in [-0.2, 0) is 20.7 Å². The van der Waals surface area contributed by atoms with Crippen LogP contribution in [0, 0.1) is 28.6 Å². The van der Waals surface area contributed by atoms with Crippen molar-refractivity contribution in [2.45, 2.75) is 79.2 Å². The number of aliphatic hydroxyl groups is 1. The van der Waals surface area contributed by atoms with Gasteiger partial charge in [0.25, 0.3) is 0 Å². The maximum absolute atomic E-state index is 12.7. The number of thiazole rings is 1. The van der Waals surface area contributed by atoms with Crippen LogP contribution in [0.25, 0.3) is 0 Å². The third kappa shape index (κ3) is 5.77. The Morgan fingerprint density at radius 1 is 1.36 bits per heavy atom. The Hall–Kier alpha value is -1.51. The smallest absolute Gasteiger partial charge is 0.226 e. The van der Waals surface area contributed by atoms with Crippen molar-refractivity contribution in [3.05, 3.63) is 10.6 Å². The van der Waals surface area contributed by atoms with Crippen LogP contribution in [0.5, 0.6) is 0 Å². The second-order valence-electron chi connectivity index (χ2n) is 11.5.